The number of guanidine groups is 1. The van der Waals surface area contributed by atoms with Gasteiger partial charge in [0.05, 0.1) is 0 Å². The van der Waals surface area contributed by atoms with Gasteiger partial charge < -0.3 is 5.32 Å². The highest BCUT2D eigenvalue weighted by Crippen LogP contribution is 1.66. The molecule has 5 N–H and O–H groups in total. The molecule has 0 heterocycles. The number of nitrogens with two attached hydrogens (primary N) is 1. The van der Waals surface area contributed by atoms with E-state index in [9.17, 15) is 0 Å². The number of halogens is 1. The van der Waals surface area contributed by atoms with E-state index in [-0.39, 0.29) is 18.4 Å². The van der Waals surface area contributed by atoms with Gasteiger partial charge in [0.2, 0.25) is 5.96 Å². The molecule has 0 spiro atoms. The summed E-state index contributed by atoms with van der Waals surface area (Å²) in [4.78, 5) is 0. The molecule has 0 saturated carbocycles. The molecule has 0 aliphatic rings. The van der Waals surface area contributed by atoms with Gasteiger partial charge in [-0.3, -0.25) is 10.8 Å². The second-order valence-corrected chi connectivity index (χ2v) is 1.45. The van der Waals surface area contributed by atoms with Crippen LogP contribution >= 0.6 is 12.4 Å². The first-order valence-electron chi connectivity index (χ1n) is 2.60. The number of hydrogen-bond acceptors (Lipinski definition) is 2. The number of hydrogen-bond donors (Lipinski definition) is 4. The van der Waals surface area contributed by atoms with Gasteiger partial charge in [-0.1, -0.05) is 6.92 Å². The summed E-state index contributed by atoms with van der Waals surface area (Å²) in [7, 11) is 0. The molecule has 0 aromatic heterocycles. The minimum Gasteiger partial charge on any atom is -0.356 e. The van der Waals surface area contributed by atoms with Crippen LogP contribution in [0, 0.1) is 5.41 Å². The van der Waals surface area contributed by atoms with Gasteiger partial charge in [-0.05, 0) is 6.42 Å². The van der Waals surface area contributed by atoms with Gasteiger partial charge in [0, 0.05) is 6.54 Å². The summed E-state index contributed by atoms with van der Waals surface area (Å²) in [6.45, 7) is 2.82. The fraction of sp³-hybridized carbons (Fsp3) is 0.750. The molecule has 9 heavy (non-hydrogen) atoms. The molecule has 0 bridgehead atoms. The highest BCUT2D eigenvalue weighted by Gasteiger charge is 1.84. The Labute approximate surface area is 61.1 Å². The summed E-state index contributed by atoms with van der Waals surface area (Å²) in [5, 5.41) is 9.62. The number of rotatable bonds is 2. The zero-order valence-electron chi connectivity index (χ0n) is 5.40. The molecular weight excluding hydrogens is 140 g/mol. The average molecular weight is 153 g/mol. The van der Waals surface area contributed by atoms with Crippen LogP contribution in [0.25, 0.3) is 0 Å². The Bertz CT molecular complexity index is 75.0. The van der Waals surface area contributed by atoms with Crippen LogP contribution in [-0.2, 0) is 0 Å². The summed E-state index contributed by atoms with van der Waals surface area (Å²) < 4.78 is 0. The van der Waals surface area contributed by atoms with Gasteiger partial charge in [-0.15, -0.1) is 12.4 Å². The van der Waals surface area contributed by atoms with Crippen molar-refractivity contribution in [1.29, 1.82) is 5.41 Å². The first kappa shape index (κ1) is 11.3. The van der Waals surface area contributed by atoms with E-state index in [0.29, 0.717) is 0 Å². The van der Waals surface area contributed by atoms with Crippen molar-refractivity contribution in [2.75, 3.05) is 6.54 Å². The SMILES string of the molecule is CCCNC(=N)NN.Cl. The Balaban J connectivity index is 0. The van der Waals surface area contributed by atoms with Crippen LogP contribution in [-0.4, -0.2) is 12.5 Å². The van der Waals surface area contributed by atoms with Crippen LogP contribution < -0.4 is 16.6 Å². The predicted molar refractivity (Wildman–Crippen MR) is 40.6 cm³/mol. The Morgan fingerprint density at radius 3 is 2.56 bits per heavy atom. The summed E-state index contributed by atoms with van der Waals surface area (Å²) in [5.74, 6) is 5.05. The molecule has 0 aromatic rings. The fourth-order valence-electron chi connectivity index (χ4n) is 0.301. The fourth-order valence-corrected chi connectivity index (χ4v) is 0.301. The quantitative estimate of drug-likeness (QED) is 0.192. The molecule has 0 atom stereocenters. The van der Waals surface area contributed by atoms with E-state index in [1.54, 1.807) is 0 Å². The van der Waals surface area contributed by atoms with Crippen molar-refractivity contribution < 1.29 is 0 Å². The van der Waals surface area contributed by atoms with Crippen LogP contribution in [0.3, 0.4) is 0 Å². The molecule has 0 radical (unpaired) electrons. The van der Waals surface area contributed by atoms with Crippen molar-refractivity contribution in [3.05, 3.63) is 0 Å². The molecule has 0 amide bonds. The second-order valence-electron chi connectivity index (χ2n) is 1.45. The van der Waals surface area contributed by atoms with Crippen molar-refractivity contribution in [3.8, 4) is 0 Å². The van der Waals surface area contributed by atoms with Gasteiger partial charge in [0.25, 0.3) is 0 Å². The summed E-state index contributed by atoms with van der Waals surface area (Å²) in [6, 6.07) is 0. The monoisotopic (exact) mass is 152 g/mol. The van der Waals surface area contributed by atoms with E-state index >= 15 is 0 Å². The van der Waals surface area contributed by atoms with Crippen molar-refractivity contribution in [3.63, 3.8) is 0 Å². The van der Waals surface area contributed by atoms with Crippen molar-refractivity contribution in [2.45, 2.75) is 13.3 Å². The normalized spacial score (nSPS) is 7.33. The van der Waals surface area contributed by atoms with Gasteiger partial charge in [-0.25, -0.2) is 5.84 Å². The van der Waals surface area contributed by atoms with Crippen LogP contribution in [0.1, 0.15) is 13.3 Å². The highest BCUT2D eigenvalue weighted by molar-refractivity contribution is 5.85. The van der Waals surface area contributed by atoms with E-state index in [4.69, 9.17) is 11.3 Å². The predicted octanol–water partition coefficient (Wildman–Crippen LogP) is -0.194. The van der Waals surface area contributed by atoms with Gasteiger partial charge >= 0.3 is 0 Å². The van der Waals surface area contributed by atoms with Gasteiger partial charge in [-0.2, -0.15) is 0 Å². The zero-order chi connectivity index (χ0) is 6.41. The molecule has 0 aliphatic carbocycles. The minimum absolute atomic E-state index is 0. The summed E-state index contributed by atoms with van der Waals surface area (Å²) in [5.41, 5.74) is 2.17. The first-order valence-corrected chi connectivity index (χ1v) is 2.60. The highest BCUT2D eigenvalue weighted by atomic mass is 35.5. The average Bonchev–Trinajstić information content (AvgIpc) is 1.83. The maximum absolute atomic E-state index is 6.89. The molecule has 56 valence electrons. The standard InChI is InChI=1S/C4H12N4.ClH/c1-2-3-7-4(5)8-6;/h2-3,6H2,1H3,(H3,5,7,8);1H. The molecule has 0 saturated heterocycles. The van der Waals surface area contributed by atoms with Crippen LogP contribution in [0.15, 0.2) is 0 Å². The molecule has 0 fully saturated rings. The molecule has 0 rings (SSSR count). The third-order valence-corrected chi connectivity index (χ3v) is 0.696. The molecule has 5 heteroatoms. The van der Waals surface area contributed by atoms with Crippen molar-refractivity contribution >= 4 is 18.4 Å². The van der Waals surface area contributed by atoms with E-state index in [1.165, 1.54) is 0 Å². The van der Waals surface area contributed by atoms with E-state index < -0.39 is 0 Å². The molecule has 4 nitrogen and oxygen atoms in total. The minimum atomic E-state index is 0. The maximum atomic E-state index is 6.89. The molecular formula is C4H13ClN4. The Hall–Kier alpha value is -0.480. The first-order chi connectivity index (χ1) is 3.81. The lowest BCUT2D eigenvalue weighted by Gasteiger charge is -2.02. The largest absolute Gasteiger partial charge is 0.356 e. The van der Waals surface area contributed by atoms with Gasteiger partial charge in [0.1, 0.15) is 0 Å². The lowest BCUT2D eigenvalue weighted by molar-refractivity contribution is 0.795. The van der Waals surface area contributed by atoms with Crippen LogP contribution in [0.4, 0.5) is 0 Å². The van der Waals surface area contributed by atoms with Crippen LogP contribution in [0.5, 0.6) is 0 Å². The van der Waals surface area contributed by atoms with Crippen LogP contribution in [0.2, 0.25) is 0 Å². The molecule has 0 unspecified atom stereocenters. The molecule has 0 aliphatic heterocycles. The Morgan fingerprint density at radius 2 is 2.22 bits per heavy atom. The molecule has 0 aromatic carbocycles. The Kier molecular flexibility index (Phi) is 9.47. The van der Waals surface area contributed by atoms with Gasteiger partial charge in [0.15, 0.2) is 0 Å². The Morgan fingerprint density at radius 1 is 1.67 bits per heavy atom. The number of hydrazine groups is 1. The third-order valence-electron chi connectivity index (χ3n) is 0.696. The third kappa shape index (κ3) is 7.52. The lowest BCUT2D eigenvalue weighted by Crippen LogP contribution is -2.40. The lowest BCUT2D eigenvalue weighted by atomic mass is 10.5. The number of nitrogens with one attached hydrogen (secondary N) is 3. The summed E-state index contributed by atoms with van der Waals surface area (Å²) in [6.07, 6.45) is 1.00. The second kappa shape index (κ2) is 7.52. The van der Waals surface area contributed by atoms with E-state index in [0.717, 1.165) is 13.0 Å². The topological polar surface area (TPSA) is 73.9 Å². The smallest absolute Gasteiger partial charge is 0.202 e. The zero-order valence-corrected chi connectivity index (χ0v) is 6.22. The van der Waals surface area contributed by atoms with E-state index in [2.05, 4.69) is 10.7 Å². The van der Waals surface area contributed by atoms with Crippen molar-refractivity contribution in [1.82, 2.24) is 10.7 Å². The van der Waals surface area contributed by atoms with Crippen molar-refractivity contribution in [2.24, 2.45) is 5.84 Å². The summed E-state index contributed by atoms with van der Waals surface area (Å²) >= 11 is 0. The van der Waals surface area contributed by atoms with E-state index in [1.807, 2.05) is 6.92 Å². The maximum Gasteiger partial charge on any atom is 0.202 e.